The van der Waals surface area contributed by atoms with Gasteiger partial charge in [-0.15, -0.1) is 0 Å². The van der Waals surface area contributed by atoms with Gasteiger partial charge in [-0.1, -0.05) is 45.8 Å². The predicted molar refractivity (Wildman–Crippen MR) is 56.7 cm³/mol. The van der Waals surface area contributed by atoms with Crippen molar-refractivity contribution in [2.75, 3.05) is 5.75 Å². The third kappa shape index (κ3) is 11.4. The maximum atomic E-state index is 3.79. The van der Waals surface area contributed by atoms with Crippen molar-refractivity contribution in [1.29, 1.82) is 0 Å². The van der Waals surface area contributed by atoms with Crippen LogP contribution in [-0.4, -0.2) is 14.5 Å². The minimum absolute atomic E-state index is 0.137. The molecule has 0 aliphatic rings. The lowest BCUT2D eigenvalue weighted by Gasteiger charge is -2.02. The van der Waals surface area contributed by atoms with Gasteiger partial charge in [0.1, 0.15) is 0 Å². The van der Waals surface area contributed by atoms with Crippen molar-refractivity contribution in [3.05, 3.63) is 0 Å². The van der Waals surface area contributed by atoms with Crippen LogP contribution in [-0.2, 0) is 0 Å². The van der Waals surface area contributed by atoms with Gasteiger partial charge in [0, 0.05) is 8.80 Å². The van der Waals surface area contributed by atoms with E-state index in [-0.39, 0.29) is 8.80 Å². The first-order chi connectivity index (χ1) is 4.76. The van der Waals surface area contributed by atoms with E-state index in [9.17, 15) is 0 Å². The summed E-state index contributed by atoms with van der Waals surface area (Å²) < 4.78 is 0. The van der Waals surface area contributed by atoms with Gasteiger partial charge in [-0.25, -0.2) is 0 Å². The Hall–Kier alpha value is 0.567. The van der Waals surface area contributed by atoms with Crippen LogP contribution in [0.4, 0.5) is 0 Å². The summed E-state index contributed by atoms with van der Waals surface area (Å²) in [5.41, 5.74) is 0. The summed E-state index contributed by atoms with van der Waals surface area (Å²) in [7, 11) is 0.137. The Morgan fingerprint density at radius 3 is 1.10 bits per heavy atom. The molecule has 2 heteroatoms. The first kappa shape index (κ1) is 13.2. The van der Waals surface area contributed by atoms with Gasteiger partial charge < -0.3 is 0 Å². The Morgan fingerprint density at radius 1 is 0.900 bits per heavy atom. The summed E-state index contributed by atoms with van der Waals surface area (Å²) in [6.07, 6.45) is 0. The van der Waals surface area contributed by atoms with E-state index in [1.54, 1.807) is 0 Å². The third-order valence-corrected chi connectivity index (χ3v) is 4.50. The largest absolute Gasteiger partial charge is 0.180 e. The summed E-state index contributed by atoms with van der Waals surface area (Å²) in [5, 5.41) is 0. The SMILES string of the molecule is CCS.CC[Si](CC)CC. The highest BCUT2D eigenvalue weighted by Gasteiger charge is 1.98. The van der Waals surface area contributed by atoms with Gasteiger partial charge in [0.15, 0.2) is 0 Å². The minimum Gasteiger partial charge on any atom is -0.180 e. The molecule has 0 amide bonds. The molecule has 0 nitrogen and oxygen atoms in total. The molecule has 10 heavy (non-hydrogen) atoms. The molecule has 1 radical (unpaired) electrons. The lowest BCUT2D eigenvalue weighted by atomic mass is 10.9. The van der Waals surface area contributed by atoms with Crippen molar-refractivity contribution >= 4 is 21.4 Å². The van der Waals surface area contributed by atoms with Crippen molar-refractivity contribution in [1.82, 2.24) is 0 Å². The average Bonchev–Trinajstić information content (AvgIpc) is 1.93. The molecule has 0 N–H and O–H groups in total. The molecule has 0 rings (SSSR count). The van der Waals surface area contributed by atoms with Crippen molar-refractivity contribution in [2.24, 2.45) is 0 Å². The fraction of sp³-hybridized carbons (Fsp3) is 1.00. The molecule has 0 aliphatic heterocycles. The van der Waals surface area contributed by atoms with Crippen molar-refractivity contribution in [2.45, 2.75) is 45.8 Å². The van der Waals surface area contributed by atoms with E-state index in [0.29, 0.717) is 0 Å². The molecule has 0 bridgehead atoms. The van der Waals surface area contributed by atoms with E-state index in [0.717, 1.165) is 5.75 Å². The first-order valence-electron chi connectivity index (χ1n) is 4.21. The fourth-order valence-electron chi connectivity index (χ4n) is 0.750. The Kier molecular flexibility index (Phi) is 16.2. The van der Waals surface area contributed by atoms with Gasteiger partial charge in [0.25, 0.3) is 0 Å². The van der Waals surface area contributed by atoms with Gasteiger partial charge in [-0.05, 0) is 5.75 Å². The molecule has 0 spiro atoms. The molecule has 0 atom stereocenters. The molecule has 0 fully saturated rings. The number of rotatable bonds is 3. The van der Waals surface area contributed by atoms with Crippen LogP contribution in [0.5, 0.6) is 0 Å². The van der Waals surface area contributed by atoms with E-state index < -0.39 is 0 Å². The van der Waals surface area contributed by atoms with Gasteiger partial charge in [0.05, 0.1) is 0 Å². The van der Waals surface area contributed by atoms with Crippen molar-refractivity contribution in [3.8, 4) is 0 Å². The third-order valence-electron chi connectivity index (χ3n) is 1.50. The minimum atomic E-state index is 0.137. The van der Waals surface area contributed by atoms with Gasteiger partial charge in [-0.3, -0.25) is 0 Å². The lowest BCUT2D eigenvalue weighted by molar-refractivity contribution is 1.24. The predicted octanol–water partition coefficient (Wildman–Crippen LogP) is 3.48. The van der Waals surface area contributed by atoms with Crippen LogP contribution in [0, 0.1) is 0 Å². The smallest absolute Gasteiger partial charge is 0.0470 e. The molecule has 0 saturated carbocycles. The van der Waals surface area contributed by atoms with Gasteiger partial charge in [0.2, 0.25) is 0 Å². The molecule has 0 heterocycles. The van der Waals surface area contributed by atoms with Crippen LogP contribution >= 0.6 is 12.6 Å². The fourth-order valence-corrected chi connectivity index (χ4v) is 2.25. The van der Waals surface area contributed by atoms with E-state index in [2.05, 4.69) is 33.4 Å². The van der Waals surface area contributed by atoms with Crippen LogP contribution in [0.1, 0.15) is 27.7 Å². The highest BCUT2D eigenvalue weighted by Crippen LogP contribution is 2.01. The van der Waals surface area contributed by atoms with E-state index >= 15 is 0 Å². The molecule has 0 saturated heterocycles. The highest BCUT2D eigenvalue weighted by molar-refractivity contribution is 7.80. The first-order valence-corrected chi connectivity index (χ1v) is 6.96. The topological polar surface area (TPSA) is 0 Å². The molecule has 0 aromatic heterocycles. The number of thiol groups is 1. The molecular weight excluding hydrogens is 156 g/mol. The second-order valence-corrected chi connectivity index (χ2v) is 6.38. The molecule has 0 aromatic carbocycles. The van der Waals surface area contributed by atoms with Gasteiger partial charge in [-0.2, -0.15) is 12.6 Å². The zero-order chi connectivity index (χ0) is 8.41. The molecule has 63 valence electrons. The Bertz CT molecular complexity index is 39.0. The van der Waals surface area contributed by atoms with E-state index in [1.807, 2.05) is 6.92 Å². The average molecular weight is 177 g/mol. The maximum absolute atomic E-state index is 3.79. The summed E-state index contributed by atoms with van der Waals surface area (Å²) in [6, 6.07) is 4.37. The Morgan fingerprint density at radius 2 is 1.10 bits per heavy atom. The van der Waals surface area contributed by atoms with Crippen LogP contribution in [0.15, 0.2) is 0 Å². The highest BCUT2D eigenvalue weighted by atomic mass is 32.1. The quantitative estimate of drug-likeness (QED) is 0.495. The van der Waals surface area contributed by atoms with Crippen molar-refractivity contribution < 1.29 is 0 Å². The number of hydrogen-bond donors (Lipinski definition) is 1. The summed E-state index contributed by atoms with van der Waals surface area (Å²) in [4.78, 5) is 0. The zero-order valence-corrected chi connectivity index (χ0v) is 9.67. The Balaban J connectivity index is 0. The van der Waals surface area contributed by atoms with Crippen LogP contribution in [0.3, 0.4) is 0 Å². The summed E-state index contributed by atoms with van der Waals surface area (Å²) in [5.74, 6) is 0.944. The number of hydrogen-bond acceptors (Lipinski definition) is 1. The van der Waals surface area contributed by atoms with E-state index in [4.69, 9.17) is 0 Å². The van der Waals surface area contributed by atoms with Crippen LogP contribution in [0.25, 0.3) is 0 Å². The normalized spacial score (nSPS) is 9.00. The molecule has 0 aromatic rings. The summed E-state index contributed by atoms with van der Waals surface area (Å²) >= 11 is 3.79. The summed E-state index contributed by atoms with van der Waals surface area (Å²) in [6.45, 7) is 8.91. The molecule has 0 unspecified atom stereocenters. The van der Waals surface area contributed by atoms with E-state index in [1.165, 1.54) is 18.1 Å². The Labute approximate surface area is 73.4 Å². The molecule has 0 aliphatic carbocycles. The molecular formula is C8H21SSi. The van der Waals surface area contributed by atoms with Gasteiger partial charge >= 0.3 is 0 Å². The second kappa shape index (κ2) is 12.3. The lowest BCUT2D eigenvalue weighted by Crippen LogP contribution is -2.04. The van der Waals surface area contributed by atoms with Crippen LogP contribution in [0.2, 0.25) is 18.1 Å². The monoisotopic (exact) mass is 177 g/mol. The maximum Gasteiger partial charge on any atom is 0.0470 e. The standard InChI is InChI=1S/C6H15Si.C2H6S/c1-4-7(5-2)6-3;1-2-3/h4-6H2,1-3H3;3H,2H2,1H3. The van der Waals surface area contributed by atoms with Crippen LogP contribution < -0.4 is 0 Å². The second-order valence-electron chi connectivity index (χ2n) is 2.13. The van der Waals surface area contributed by atoms with Crippen molar-refractivity contribution in [3.63, 3.8) is 0 Å². The zero-order valence-electron chi connectivity index (χ0n) is 7.78.